The lowest BCUT2D eigenvalue weighted by atomic mass is 10.0. The Hall–Kier alpha value is -1.46. The summed E-state index contributed by atoms with van der Waals surface area (Å²) in [5, 5.41) is 0.925. The molecule has 0 spiro atoms. The van der Waals surface area contributed by atoms with E-state index < -0.39 is 0 Å². The molecule has 100 valence electrons. The largest absolute Gasteiger partial charge is 0.326 e. The first-order valence-corrected chi connectivity index (χ1v) is 7.02. The Balaban J connectivity index is 2.23. The van der Waals surface area contributed by atoms with Crippen molar-refractivity contribution in [3.8, 4) is 0 Å². The molecule has 19 heavy (non-hydrogen) atoms. The molecule has 0 saturated heterocycles. The Morgan fingerprint density at radius 2 is 2.00 bits per heavy atom. The Kier molecular flexibility index (Phi) is 4.87. The quantitative estimate of drug-likeness (QED) is 0.673. The molecule has 1 aromatic heterocycles. The van der Waals surface area contributed by atoms with Gasteiger partial charge in [-0.15, -0.1) is 0 Å². The maximum absolute atomic E-state index is 13.0. The highest BCUT2D eigenvalue weighted by Crippen LogP contribution is 2.36. The van der Waals surface area contributed by atoms with E-state index in [9.17, 15) is 4.39 Å². The fraction of sp³-hybridized carbons (Fsp3) is 0.286. The molecular weight excluding hydrogens is 261 g/mol. The summed E-state index contributed by atoms with van der Waals surface area (Å²) >= 11 is 1.58. The van der Waals surface area contributed by atoms with Gasteiger partial charge in [0.1, 0.15) is 12.1 Å². The van der Waals surface area contributed by atoms with E-state index in [1.807, 2.05) is 13.0 Å². The summed E-state index contributed by atoms with van der Waals surface area (Å²) in [6.45, 7) is 2.04. The highest BCUT2D eigenvalue weighted by atomic mass is 32.2. The average molecular weight is 277 g/mol. The molecule has 0 amide bonds. The van der Waals surface area contributed by atoms with Gasteiger partial charge in [-0.1, -0.05) is 30.8 Å². The van der Waals surface area contributed by atoms with E-state index in [1.165, 1.54) is 18.5 Å². The molecule has 0 aliphatic heterocycles. The van der Waals surface area contributed by atoms with Crippen molar-refractivity contribution in [1.82, 2.24) is 9.97 Å². The van der Waals surface area contributed by atoms with E-state index in [2.05, 4.69) is 9.97 Å². The SMILES string of the molecule is CCC(N)C(Sc1ccncn1)c1ccc(F)cc1. The van der Waals surface area contributed by atoms with Crippen LogP contribution in [0.4, 0.5) is 4.39 Å². The smallest absolute Gasteiger partial charge is 0.123 e. The topological polar surface area (TPSA) is 51.8 Å². The molecule has 5 heteroatoms. The van der Waals surface area contributed by atoms with Crippen LogP contribution in [0, 0.1) is 5.82 Å². The average Bonchev–Trinajstić information content (AvgIpc) is 2.46. The second-order valence-electron chi connectivity index (χ2n) is 4.21. The van der Waals surface area contributed by atoms with E-state index in [-0.39, 0.29) is 17.1 Å². The standard InChI is InChI=1S/C14H16FN3S/c1-2-12(16)14(10-3-5-11(15)6-4-10)19-13-7-8-17-9-18-13/h3-9,12,14H,2,16H2,1H3. The third-order valence-corrected chi connectivity index (χ3v) is 4.22. The summed E-state index contributed by atoms with van der Waals surface area (Å²) in [6, 6.07) is 8.33. The first-order valence-electron chi connectivity index (χ1n) is 6.14. The molecule has 1 heterocycles. The van der Waals surface area contributed by atoms with E-state index in [0.29, 0.717) is 0 Å². The van der Waals surface area contributed by atoms with Crippen LogP contribution in [0.3, 0.4) is 0 Å². The fourth-order valence-electron chi connectivity index (χ4n) is 1.75. The lowest BCUT2D eigenvalue weighted by molar-refractivity contribution is 0.617. The summed E-state index contributed by atoms with van der Waals surface area (Å²) in [5.74, 6) is -0.236. The third-order valence-electron chi connectivity index (χ3n) is 2.86. The first kappa shape index (κ1) is 14.0. The summed E-state index contributed by atoms with van der Waals surface area (Å²) in [4.78, 5) is 8.10. The highest BCUT2D eigenvalue weighted by molar-refractivity contribution is 7.99. The Morgan fingerprint density at radius 3 is 2.58 bits per heavy atom. The van der Waals surface area contributed by atoms with Crippen molar-refractivity contribution in [3.05, 3.63) is 54.2 Å². The zero-order valence-electron chi connectivity index (χ0n) is 10.7. The second kappa shape index (κ2) is 6.63. The predicted octanol–water partition coefficient (Wildman–Crippen LogP) is 3.19. The summed E-state index contributed by atoms with van der Waals surface area (Å²) in [7, 11) is 0. The normalized spacial score (nSPS) is 14.1. The number of rotatable bonds is 5. The molecule has 0 radical (unpaired) electrons. The highest BCUT2D eigenvalue weighted by Gasteiger charge is 2.20. The van der Waals surface area contributed by atoms with Crippen LogP contribution in [0.1, 0.15) is 24.2 Å². The van der Waals surface area contributed by atoms with Crippen LogP contribution in [-0.2, 0) is 0 Å². The summed E-state index contributed by atoms with van der Waals surface area (Å²) in [5.41, 5.74) is 7.19. The Bertz CT molecular complexity index is 504. The minimum Gasteiger partial charge on any atom is -0.326 e. The summed E-state index contributed by atoms with van der Waals surface area (Å²) < 4.78 is 13.0. The maximum atomic E-state index is 13.0. The third kappa shape index (κ3) is 3.75. The van der Waals surface area contributed by atoms with Gasteiger partial charge in [-0.2, -0.15) is 0 Å². The molecule has 2 rings (SSSR count). The molecule has 0 aliphatic rings. The van der Waals surface area contributed by atoms with Crippen LogP contribution in [0.5, 0.6) is 0 Å². The van der Waals surface area contributed by atoms with Gasteiger partial charge in [0.15, 0.2) is 0 Å². The lowest BCUT2D eigenvalue weighted by Crippen LogP contribution is -2.25. The van der Waals surface area contributed by atoms with E-state index in [4.69, 9.17) is 5.73 Å². The Morgan fingerprint density at radius 1 is 1.26 bits per heavy atom. The van der Waals surface area contributed by atoms with Crippen LogP contribution >= 0.6 is 11.8 Å². The molecule has 0 bridgehead atoms. The van der Waals surface area contributed by atoms with E-state index in [0.717, 1.165) is 17.0 Å². The first-order chi connectivity index (χ1) is 9.20. The van der Waals surface area contributed by atoms with Gasteiger partial charge in [-0.3, -0.25) is 0 Å². The van der Waals surface area contributed by atoms with Crippen molar-refractivity contribution >= 4 is 11.8 Å². The number of benzene rings is 1. The minimum absolute atomic E-state index is 0.00886. The van der Waals surface area contributed by atoms with Crippen LogP contribution in [-0.4, -0.2) is 16.0 Å². The van der Waals surface area contributed by atoms with Crippen molar-refractivity contribution in [3.63, 3.8) is 0 Å². The number of hydrogen-bond donors (Lipinski definition) is 1. The number of nitrogens with zero attached hydrogens (tertiary/aromatic N) is 2. The van der Waals surface area contributed by atoms with Gasteiger partial charge in [0.2, 0.25) is 0 Å². The molecule has 2 atom stereocenters. The monoisotopic (exact) mass is 277 g/mol. The molecule has 0 fully saturated rings. The van der Waals surface area contributed by atoms with Gasteiger partial charge in [0, 0.05) is 12.2 Å². The van der Waals surface area contributed by atoms with Gasteiger partial charge in [-0.25, -0.2) is 14.4 Å². The summed E-state index contributed by atoms with van der Waals surface area (Å²) in [6.07, 6.45) is 4.07. The zero-order valence-corrected chi connectivity index (χ0v) is 11.5. The number of thioether (sulfide) groups is 1. The maximum Gasteiger partial charge on any atom is 0.123 e. The van der Waals surface area contributed by atoms with Crippen LogP contribution in [0.15, 0.2) is 47.9 Å². The fourth-order valence-corrected chi connectivity index (χ4v) is 2.92. The predicted molar refractivity (Wildman–Crippen MR) is 75.3 cm³/mol. The van der Waals surface area contributed by atoms with E-state index in [1.54, 1.807) is 30.1 Å². The van der Waals surface area contributed by atoms with Gasteiger partial charge in [-0.05, 0) is 30.2 Å². The zero-order chi connectivity index (χ0) is 13.7. The number of nitrogens with two attached hydrogens (primary N) is 1. The van der Waals surface area contributed by atoms with Crippen LogP contribution in [0.25, 0.3) is 0 Å². The number of hydrogen-bond acceptors (Lipinski definition) is 4. The van der Waals surface area contributed by atoms with Crippen LogP contribution < -0.4 is 5.73 Å². The van der Waals surface area contributed by atoms with Gasteiger partial charge in [0.05, 0.1) is 10.3 Å². The molecule has 0 aliphatic carbocycles. The van der Waals surface area contributed by atoms with Crippen molar-refractivity contribution in [1.29, 1.82) is 0 Å². The second-order valence-corrected chi connectivity index (χ2v) is 5.37. The van der Waals surface area contributed by atoms with Gasteiger partial charge in [0.25, 0.3) is 0 Å². The van der Waals surface area contributed by atoms with Crippen molar-refractivity contribution in [2.45, 2.75) is 29.7 Å². The van der Waals surface area contributed by atoms with Crippen molar-refractivity contribution in [2.24, 2.45) is 5.73 Å². The minimum atomic E-state index is -0.236. The van der Waals surface area contributed by atoms with Crippen molar-refractivity contribution < 1.29 is 4.39 Å². The number of halogens is 1. The lowest BCUT2D eigenvalue weighted by Gasteiger charge is -2.22. The van der Waals surface area contributed by atoms with Gasteiger partial charge >= 0.3 is 0 Å². The molecule has 2 aromatic rings. The van der Waals surface area contributed by atoms with Crippen molar-refractivity contribution in [2.75, 3.05) is 0 Å². The Labute approximate surface area is 116 Å². The molecule has 1 aromatic carbocycles. The number of aromatic nitrogens is 2. The van der Waals surface area contributed by atoms with E-state index >= 15 is 0 Å². The molecule has 2 unspecified atom stereocenters. The van der Waals surface area contributed by atoms with Gasteiger partial charge < -0.3 is 5.73 Å². The molecular formula is C14H16FN3S. The molecule has 3 nitrogen and oxygen atoms in total. The molecule has 2 N–H and O–H groups in total. The molecule has 0 saturated carbocycles. The van der Waals surface area contributed by atoms with Crippen LogP contribution in [0.2, 0.25) is 0 Å².